The average molecular weight is 374 g/mol. The molecule has 7 heteroatoms. The lowest BCUT2D eigenvalue weighted by Crippen LogP contribution is -2.46. The standard InChI is InChI=1S/C19H20ClN3O3/c1-26-17-5-4-14(20)11-16(17)19(25)23-9-6-15(7-10-23)22-18(24)13-3-2-8-21-12-13/h2-5,8,11-12,15H,6-7,9-10H2,1H3,(H,22,24). The summed E-state index contributed by atoms with van der Waals surface area (Å²) >= 11 is 6.02. The zero-order valence-corrected chi connectivity index (χ0v) is 15.2. The third-order valence-electron chi connectivity index (χ3n) is 4.43. The summed E-state index contributed by atoms with van der Waals surface area (Å²) in [6.07, 6.45) is 4.56. The molecule has 0 radical (unpaired) electrons. The molecule has 0 atom stereocenters. The number of pyridine rings is 1. The Kier molecular flexibility index (Phi) is 5.73. The number of aromatic nitrogens is 1. The number of ether oxygens (including phenoxy) is 1. The third-order valence-corrected chi connectivity index (χ3v) is 4.67. The summed E-state index contributed by atoms with van der Waals surface area (Å²) in [6.45, 7) is 1.12. The third kappa shape index (κ3) is 4.14. The molecule has 136 valence electrons. The Balaban J connectivity index is 1.59. The Labute approximate surface area is 157 Å². The van der Waals surface area contributed by atoms with Crippen LogP contribution in [0, 0.1) is 0 Å². The highest BCUT2D eigenvalue weighted by atomic mass is 35.5. The summed E-state index contributed by atoms with van der Waals surface area (Å²) < 4.78 is 5.27. The van der Waals surface area contributed by atoms with Gasteiger partial charge in [-0.3, -0.25) is 14.6 Å². The number of rotatable bonds is 4. The van der Waals surface area contributed by atoms with Crippen LogP contribution in [0.1, 0.15) is 33.6 Å². The molecule has 2 amide bonds. The van der Waals surface area contributed by atoms with E-state index in [2.05, 4.69) is 10.3 Å². The second-order valence-corrected chi connectivity index (χ2v) is 6.56. The summed E-state index contributed by atoms with van der Waals surface area (Å²) in [7, 11) is 1.53. The first-order valence-electron chi connectivity index (χ1n) is 8.42. The predicted molar refractivity (Wildman–Crippen MR) is 98.6 cm³/mol. The molecule has 0 saturated carbocycles. The van der Waals surface area contributed by atoms with E-state index in [0.29, 0.717) is 47.8 Å². The van der Waals surface area contributed by atoms with Crippen LogP contribution >= 0.6 is 11.6 Å². The second kappa shape index (κ2) is 8.19. The fraction of sp³-hybridized carbons (Fsp3) is 0.316. The zero-order valence-electron chi connectivity index (χ0n) is 14.4. The van der Waals surface area contributed by atoms with E-state index < -0.39 is 0 Å². The fourth-order valence-corrected chi connectivity index (χ4v) is 3.18. The van der Waals surface area contributed by atoms with Crippen LogP contribution in [-0.4, -0.2) is 47.9 Å². The maximum atomic E-state index is 12.8. The van der Waals surface area contributed by atoms with Crippen LogP contribution in [0.3, 0.4) is 0 Å². The highest BCUT2D eigenvalue weighted by molar-refractivity contribution is 6.31. The van der Waals surface area contributed by atoms with E-state index in [1.165, 1.54) is 7.11 Å². The van der Waals surface area contributed by atoms with Gasteiger partial charge in [0.15, 0.2) is 0 Å². The molecule has 1 aromatic carbocycles. The second-order valence-electron chi connectivity index (χ2n) is 6.13. The number of benzene rings is 1. The summed E-state index contributed by atoms with van der Waals surface area (Å²) in [5.41, 5.74) is 0.993. The zero-order chi connectivity index (χ0) is 18.5. The van der Waals surface area contributed by atoms with Crippen LogP contribution < -0.4 is 10.1 Å². The van der Waals surface area contributed by atoms with Crippen molar-refractivity contribution >= 4 is 23.4 Å². The Morgan fingerprint density at radius 3 is 2.69 bits per heavy atom. The number of amides is 2. The van der Waals surface area contributed by atoms with Gasteiger partial charge in [-0.1, -0.05) is 11.6 Å². The minimum absolute atomic E-state index is 0.0352. The van der Waals surface area contributed by atoms with Gasteiger partial charge in [0.25, 0.3) is 11.8 Å². The van der Waals surface area contributed by atoms with E-state index in [1.807, 2.05) is 0 Å². The van der Waals surface area contributed by atoms with Gasteiger partial charge < -0.3 is 15.0 Å². The minimum atomic E-state index is -0.139. The van der Waals surface area contributed by atoms with Crippen molar-refractivity contribution in [3.05, 3.63) is 58.9 Å². The van der Waals surface area contributed by atoms with Crippen molar-refractivity contribution in [2.45, 2.75) is 18.9 Å². The SMILES string of the molecule is COc1ccc(Cl)cc1C(=O)N1CCC(NC(=O)c2cccnc2)CC1. The van der Waals surface area contributed by atoms with E-state index in [0.717, 1.165) is 0 Å². The van der Waals surface area contributed by atoms with Gasteiger partial charge in [0, 0.05) is 36.5 Å². The van der Waals surface area contributed by atoms with Gasteiger partial charge in [-0.25, -0.2) is 0 Å². The molecule has 2 heterocycles. The lowest BCUT2D eigenvalue weighted by molar-refractivity contribution is 0.0695. The normalized spacial score (nSPS) is 14.8. The van der Waals surface area contributed by atoms with E-state index in [9.17, 15) is 9.59 Å². The molecule has 0 aliphatic carbocycles. The molecule has 6 nitrogen and oxygen atoms in total. The summed E-state index contributed by atoms with van der Waals surface area (Å²) in [5, 5.41) is 3.50. The van der Waals surface area contributed by atoms with Crippen molar-refractivity contribution in [3.8, 4) is 5.75 Å². The molecule has 2 aromatic rings. The molecule has 1 saturated heterocycles. The van der Waals surface area contributed by atoms with Gasteiger partial charge in [-0.2, -0.15) is 0 Å². The van der Waals surface area contributed by atoms with E-state index in [1.54, 1.807) is 47.6 Å². The number of nitrogens with one attached hydrogen (secondary N) is 1. The Bertz CT molecular complexity index is 790. The highest BCUT2D eigenvalue weighted by Gasteiger charge is 2.26. The predicted octanol–water partition coefficient (Wildman–Crippen LogP) is 2.78. The van der Waals surface area contributed by atoms with Gasteiger partial charge in [0.1, 0.15) is 5.75 Å². The number of likely N-dealkylation sites (tertiary alicyclic amines) is 1. The van der Waals surface area contributed by atoms with E-state index in [-0.39, 0.29) is 17.9 Å². The van der Waals surface area contributed by atoms with Crippen molar-refractivity contribution in [2.24, 2.45) is 0 Å². The number of hydrogen-bond acceptors (Lipinski definition) is 4. The maximum absolute atomic E-state index is 12.8. The van der Waals surface area contributed by atoms with Gasteiger partial charge in [-0.15, -0.1) is 0 Å². The molecule has 0 unspecified atom stereocenters. The number of carbonyl (C=O) groups excluding carboxylic acids is 2. The number of carbonyl (C=O) groups is 2. The quantitative estimate of drug-likeness (QED) is 0.894. The van der Waals surface area contributed by atoms with Crippen LogP contribution in [0.4, 0.5) is 0 Å². The largest absolute Gasteiger partial charge is 0.496 e. The number of piperidine rings is 1. The first-order valence-corrected chi connectivity index (χ1v) is 8.80. The molecule has 0 spiro atoms. The molecule has 1 aromatic heterocycles. The van der Waals surface area contributed by atoms with Crippen LogP contribution in [0.2, 0.25) is 5.02 Å². The first-order chi connectivity index (χ1) is 12.6. The molecule has 1 N–H and O–H groups in total. The molecule has 0 bridgehead atoms. The first kappa shape index (κ1) is 18.2. The van der Waals surface area contributed by atoms with Crippen LogP contribution in [0.25, 0.3) is 0 Å². The molecular formula is C19H20ClN3O3. The van der Waals surface area contributed by atoms with Crippen molar-refractivity contribution in [1.82, 2.24) is 15.2 Å². The van der Waals surface area contributed by atoms with Gasteiger partial charge >= 0.3 is 0 Å². The van der Waals surface area contributed by atoms with Crippen LogP contribution in [0.5, 0.6) is 5.75 Å². The van der Waals surface area contributed by atoms with Gasteiger partial charge in [0.05, 0.1) is 18.2 Å². The number of methoxy groups -OCH3 is 1. The molecule has 1 fully saturated rings. The molecule has 1 aliphatic heterocycles. The molecular weight excluding hydrogens is 354 g/mol. The number of halogens is 1. The topological polar surface area (TPSA) is 71.5 Å². The smallest absolute Gasteiger partial charge is 0.257 e. The van der Waals surface area contributed by atoms with E-state index >= 15 is 0 Å². The van der Waals surface area contributed by atoms with Gasteiger partial charge in [-0.05, 0) is 43.2 Å². The van der Waals surface area contributed by atoms with Crippen molar-refractivity contribution in [1.29, 1.82) is 0 Å². The molecule has 1 aliphatic rings. The van der Waals surface area contributed by atoms with Crippen molar-refractivity contribution < 1.29 is 14.3 Å². The Morgan fingerprint density at radius 1 is 1.27 bits per heavy atom. The average Bonchev–Trinajstić information content (AvgIpc) is 2.68. The maximum Gasteiger partial charge on any atom is 0.257 e. The van der Waals surface area contributed by atoms with Crippen LogP contribution in [0.15, 0.2) is 42.7 Å². The van der Waals surface area contributed by atoms with Gasteiger partial charge in [0.2, 0.25) is 0 Å². The highest BCUT2D eigenvalue weighted by Crippen LogP contribution is 2.25. The number of hydrogen-bond donors (Lipinski definition) is 1. The molecule has 3 rings (SSSR count). The Morgan fingerprint density at radius 2 is 2.04 bits per heavy atom. The summed E-state index contributed by atoms with van der Waals surface area (Å²) in [5.74, 6) is 0.257. The molecule has 26 heavy (non-hydrogen) atoms. The van der Waals surface area contributed by atoms with E-state index in [4.69, 9.17) is 16.3 Å². The minimum Gasteiger partial charge on any atom is -0.496 e. The monoisotopic (exact) mass is 373 g/mol. The summed E-state index contributed by atoms with van der Waals surface area (Å²) in [4.78, 5) is 30.7. The fourth-order valence-electron chi connectivity index (χ4n) is 3.01. The number of nitrogens with zero attached hydrogens (tertiary/aromatic N) is 2. The lowest BCUT2D eigenvalue weighted by Gasteiger charge is -2.32. The van der Waals surface area contributed by atoms with Crippen molar-refractivity contribution in [2.75, 3.05) is 20.2 Å². The summed E-state index contributed by atoms with van der Waals surface area (Å²) in [6, 6.07) is 8.50. The Hall–Kier alpha value is -2.60. The lowest BCUT2D eigenvalue weighted by atomic mass is 10.0. The van der Waals surface area contributed by atoms with Crippen molar-refractivity contribution in [3.63, 3.8) is 0 Å². The van der Waals surface area contributed by atoms with Crippen LogP contribution in [-0.2, 0) is 0 Å².